The van der Waals surface area contributed by atoms with Gasteiger partial charge in [0, 0.05) is 51.9 Å². The summed E-state index contributed by atoms with van der Waals surface area (Å²) in [6.07, 6.45) is 6.64. The molecule has 0 spiro atoms. The first kappa shape index (κ1) is 24.0. The average molecular weight is 394 g/mol. The quantitative estimate of drug-likeness (QED) is 0.255. The van der Waals surface area contributed by atoms with E-state index in [1.807, 2.05) is 18.7 Å². The third-order valence-corrected chi connectivity index (χ3v) is 4.44. The van der Waals surface area contributed by atoms with Crippen LogP contribution in [-0.2, 0) is 23.1 Å². The number of aryl methyl sites for hydroxylation is 1. The van der Waals surface area contributed by atoms with Crippen molar-refractivity contribution in [2.45, 2.75) is 72.3 Å². The molecule has 0 saturated heterocycles. The number of rotatable bonds is 12. The number of aromatic nitrogens is 2. The van der Waals surface area contributed by atoms with Gasteiger partial charge in [0.25, 0.3) is 0 Å². The van der Waals surface area contributed by atoms with Crippen molar-refractivity contribution in [1.29, 1.82) is 0 Å². The van der Waals surface area contributed by atoms with Crippen molar-refractivity contribution in [2.24, 2.45) is 12.0 Å². The number of guanidine groups is 1. The van der Waals surface area contributed by atoms with Crippen LogP contribution < -0.4 is 5.32 Å². The van der Waals surface area contributed by atoms with E-state index in [1.165, 1.54) is 5.56 Å². The van der Waals surface area contributed by atoms with Gasteiger partial charge in [0.05, 0.1) is 12.3 Å². The molecule has 7 nitrogen and oxygen atoms in total. The van der Waals surface area contributed by atoms with Crippen molar-refractivity contribution < 1.29 is 9.53 Å². The van der Waals surface area contributed by atoms with Gasteiger partial charge in [-0.2, -0.15) is 5.10 Å². The minimum Gasteiger partial charge on any atom is -0.466 e. The van der Waals surface area contributed by atoms with Gasteiger partial charge in [-0.1, -0.05) is 26.7 Å². The monoisotopic (exact) mass is 393 g/mol. The Hall–Kier alpha value is -2.05. The highest BCUT2D eigenvalue weighted by molar-refractivity contribution is 5.79. The number of unbranched alkanes of at least 4 members (excludes halogenated alkanes) is 3. The number of ether oxygens (including phenoxy) is 1. The number of carbonyl (C=O) groups is 1. The van der Waals surface area contributed by atoms with E-state index < -0.39 is 0 Å². The number of nitrogens with zero attached hydrogens (tertiary/aromatic N) is 4. The predicted molar refractivity (Wildman–Crippen MR) is 114 cm³/mol. The zero-order chi connectivity index (χ0) is 20.9. The lowest BCUT2D eigenvalue weighted by Gasteiger charge is -2.22. The van der Waals surface area contributed by atoms with Crippen LogP contribution in [-0.4, -0.2) is 53.4 Å². The molecule has 1 rings (SSSR count). The summed E-state index contributed by atoms with van der Waals surface area (Å²) in [5, 5.41) is 7.97. The molecule has 0 aromatic carbocycles. The molecule has 0 aliphatic carbocycles. The molecule has 0 amide bonds. The molecule has 0 fully saturated rings. The molecular weight excluding hydrogens is 354 g/mol. The zero-order valence-electron chi connectivity index (χ0n) is 18.6. The Bertz CT molecular complexity index is 610. The molecule has 1 aromatic rings. The van der Waals surface area contributed by atoms with Gasteiger partial charge in [0.15, 0.2) is 5.96 Å². The smallest absolute Gasteiger partial charge is 0.305 e. The molecule has 0 aliphatic rings. The number of aliphatic imine (C=N–C) groups is 1. The molecule has 1 N–H and O–H groups in total. The number of hydrogen-bond donors (Lipinski definition) is 1. The largest absolute Gasteiger partial charge is 0.466 e. The third kappa shape index (κ3) is 8.76. The van der Waals surface area contributed by atoms with Crippen molar-refractivity contribution in [2.75, 3.05) is 26.7 Å². The minimum atomic E-state index is -0.0900. The first-order valence-corrected chi connectivity index (χ1v) is 10.6. The van der Waals surface area contributed by atoms with E-state index in [4.69, 9.17) is 9.73 Å². The van der Waals surface area contributed by atoms with Crippen molar-refractivity contribution in [3.05, 3.63) is 17.5 Å². The lowest BCUT2D eigenvalue weighted by molar-refractivity contribution is -0.143. The predicted octanol–water partition coefficient (Wildman–Crippen LogP) is 3.45. The third-order valence-electron chi connectivity index (χ3n) is 4.44. The van der Waals surface area contributed by atoms with Crippen molar-refractivity contribution in [3.63, 3.8) is 0 Å². The van der Waals surface area contributed by atoms with Gasteiger partial charge in [0.1, 0.15) is 0 Å². The van der Waals surface area contributed by atoms with Crippen LogP contribution in [0.5, 0.6) is 0 Å². The Morgan fingerprint density at radius 2 is 2.00 bits per heavy atom. The van der Waals surface area contributed by atoms with Crippen molar-refractivity contribution in [1.82, 2.24) is 20.0 Å². The second-order valence-corrected chi connectivity index (χ2v) is 7.43. The van der Waals surface area contributed by atoms with Crippen LogP contribution in [0.2, 0.25) is 0 Å². The van der Waals surface area contributed by atoms with Gasteiger partial charge in [-0.25, -0.2) is 0 Å². The second-order valence-electron chi connectivity index (χ2n) is 7.43. The van der Waals surface area contributed by atoms with Crippen LogP contribution in [0.25, 0.3) is 0 Å². The van der Waals surface area contributed by atoms with Gasteiger partial charge < -0.3 is 15.0 Å². The SMILES string of the molecule is CCNC(=NCCCCCCC(=O)OCC)N(C)Cc1cn(C)nc1C(C)C. The van der Waals surface area contributed by atoms with Gasteiger partial charge >= 0.3 is 5.97 Å². The summed E-state index contributed by atoms with van der Waals surface area (Å²) in [4.78, 5) is 18.2. The number of nitrogens with one attached hydrogen (secondary N) is 1. The summed E-state index contributed by atoms with van der Waals surface area (Å²) < 4.78 is 6.83. The van der Waals surface area contributed by atoms with Crippen LogP contribution in [0.3, 0.4) is 0 Å². The molecule has 0 atom stereocenters. The van der Waals surface area contributed by atoms with Crippen LogP contribution in [0.15, 0.2) is 11.2 Å². The Balaban J connectivity index is 2.47. The van der Waals surface area contributed by atoms with Crippen LogP contribution in [0, 0.1) is 0 Å². The molecule has 1 aromatic heterocycles. The molecule has 28 heavy (non-hydrogen) atoms. The van der Waals surface area contributed by atoms with E-state index in [-0.39, 0.29) is 5.97 Å². The summed E-state index contributed by atoms with van der Waals surface area (Å²) in [6.45, 7) is 11.1. The summed E-state index contributed by atoms with van der Waals surface area (Å²) in [5.41, 5.74) is 2.39. The molecule has 160 valence electrons. The normalized spacial score (nSPS) is 11.8. The first-order chi connectivity index (χ1) is 13.4. The summed E-state index contributed by atoms with van der Waals surface area (Å²) in [6, 6.07) is 0. The highest BCUT2D eigenvalue weighted by atomic mass is 16.5. The minimum absolute atomic E-state index is 0.0900. The van der Waals surface area contributed by atoms with E-state index in [1.54, 1.807) is 0 Å². The maximum absolute atomic E-state index is 11.3. The molecule has 0 saturated carbocycles. The van der Waals surface area contributed by atoms with E-state index in [0.717, 1.165) is 57.0 Å². The van der Waals surface area contributed by atoms with Crippen molar-refractivity contribution >= 4 is 11.9 Å². The molecule has 0 bridgehead atoms. The van der Waals surface area contributed by atoms with Gasteiger partial charge in [-0.3, -0.25) is 14.5 Å². The summed E-state index contributed by atoms with van der Waals surface area (Å²) in [5.74, 6) is 1.24. The van der Waals surface area contributed by atoms with Crippen LogP contribution in [0.1, 0.15) is 77.0 Å². The van der Waals surface area contributed by atoms with Crippen LogP contribution in [0.4, 0.5) is 0 Å². The molecular formula is C21H39N5O2. The zero-order valence-corrected chi connectivity index (χ0v) is 18.6. The summed E-state index contributed by atoms with van der Waals surface area (Å²) in [7, 11) is 4.04. The number of esters is 1. The fourth-order valence-corrected chi connectivity index (χ4v) is 3.12. The van der Waals surface area contributed by atoms with Gasteiger partial charge in [-0.15, -0.1) is 0 Å². The molecule has 1 heterocycles. The molecule has 7 heteroatoms. The van der Waals surface area contributed by atoms with Crippen LogP contribution >= 0.6 is 0 Å². The topological polar surface area (TPSA) is 71.8 Å². The van der Waals surface area contributed by atoms with E-state index in [9.17, 15) is 4.79 Å². The molecule has 0 radical (unpaired) electrons. The highest BCUT2D eigenvalue weighted by Crippen LogP contribution is 2.18. The average Bonchev–Trinajstić information content (AvgIpc) is 3.00. The lowest BCUT2D eigenvalue weighted by atomic mass is 10.1. The lowest BCUT2D eigenvalue weighted by Crippen LogP contribution is -2.38. The summed E-state index contributed by atoms with van der Waals surface area (Å²) >= 11 is 0. The Morgan fingerprint density at radius 3 is 2.64 bits per heavy atom. The maximum atomic E-state index is 11.3. The Labute approximate surface area is 170 Å². The standard InChI is InChI=1S/C21H39N5O2/c1-7-22-21(23-14-12-10-9-11-13-19(27)28-8-2)25(5)15-18-16-26(6)24-20(18)17(3)4/h16-17H,7-15H2,1-6H3,(H,22,23). The Kier molecular flexibility index (Phi) is 11.3. The van der Waals surface area contributed by atoms with Gasteiger partial charge in [-0.05, 0) is 32.6 Å². The fraction of sp³-hybridized carbons (Fsp3) is 0.762. The molecule has 0 unspecified atom stereocenters. The Morgan fingerprint density at radius 1 is 1.29 bits per heavy atom. The maximum Gasteiger partial charge on any atom is 0.305 e. The first-order valence-electron chi connectivity index (χ1n) is 10.6. The highest BCUT2D eigenvalue weighted by Gasteiger charge is 2.15. The number of carbonyl (C=O) groups excluding carboxylic acids is 1. The second kappa shape index (κ2) is 13.2. The fourth-order valence-electron chi connectivity index (χ4n) is 3.12. The van der Waals surface area contributed by atoms with Crippen molar-refractivity contribution in [3.8, 4) is 0 Å². The van der Waals surface area contributed by atoms with E-state index in [0.29, 0.717) is 18.9 Å². The number of hydrogen-bond acceptors (Lipinski definition) is 4. The molecule has 0 aliphatic heterocycles. The van der Waals surface area contributed by atoms with E-state index >= 15 is 0 Å². The van der Waals surface area contributed by atoms with E-state index in [2.05, 4.69) is 49.3 Å². The van der Waals surface area contributed by atoms with Gasteiger partial charge in [0.2, 0.25) is 0 Å².